The Hall–Kier alpha value is -2.61. The van der Waals surface area contributed by atoms with Crippen LogP contribution in [0.25, 0.3) is 0 Å². The highest BCUT2D eigenvalue weighted by Gasteiger charge is 2.15. The van der Waals surface area contributed by atoms with Gasteiger partial charge in [0.2, 0.25) is 10.0 Å². The Kier molecular flexibility index (Phi) is 6.20. The molecule has 2 aromatic rings. The van der Waals surface area contributed by atoms with E-state index in [2.05, 4.69) is 5.32 Å². The van der Waals surface area contributed by atoms with Crippen molar-refractivity contribution in [1.29, 1.82) is 0 Å². The van der Waals surface area contributed by atoms with E-state index in [0.29, 0.717) is 11.4 Å². The minimum absolute atomic E-state index is 0.269. The predicted molar refractivity (Wildman–Crippen MR) is 98.0 cm³/mol. The maximum Gasteiger partial charge on any atom is 0.261 e. The molecule has 0 aliphatic carbocycles. The lowest BCUT2D eigenvalue weighted by atomic mass is 10.2. The molecule has 0 spiro atoms. The molecule has 6 nitrogen and oxygen atoms in total. The van der Waals surface area contributed by atoms with Crippen molar-refractivity contribution in [2.45, 2.75) is 19.6 Å². The fourth-order valence-corrected chi connectivity index (χ4v) is 2.62. The summed E-state index contributed by atoms with van der Waals surface area (Å²) in [5.41, 5.74) is 1.27. The molecule has 2 rings (SSSR count). The number of carbonyl (C=O) groups is 1. The van der Waals surface area contributed by atoms with Crippen LogP contribution in [0, 0.1) is 5.82 Å². The fourth-order valence-electron chi connectivity index (χ4n) is 2.12. The van der Waals surface area contributed by atoms with Gasteiger partial charge in [0.25, 0.3) is 5.91 Å². The topological polar surface area (TPSA) is 75.7 Å². The molecule has 1 atom stereocenters. The highest BCUT2D eigenvalue weighted by Crippen LogP contribution is 2.21. The van der Waals surface area contributed by atoms with Crippen LogP contribution in [0.5, 0.6) is 5.75 Å². The molecule has 26 heavy (non-hydrogen) atoms. The van der Waals surface area contributed by atoms with E-state index in [4.69, 9.17) is 4.74 Å². The molecule has 8 heteroatoms. The summed E-state index contributed by atoms with van der Waals surface area (Å²) < 4.78 is 42.6. The Labute approximate surface area is 152 Å². The van der Waals surface area contributed by atoms with Gasteiger partial charge < -0.3 is 10.1 Å². The van der Waals surface area contributed by atoms with Crippen LogP contribution < -0.4 is 14.4 Å². The second-order valence-corrected chi connectivity index (χ2v) is 7.84. The normalized spacial score (nSPS) is 12.3. The van der Waals surface area contributed by atoms with Crippen LogP contribution in [-0.4, -0.2) is 33.7 Å². The van der Waals surface area contributed by atoms with E-state index in [1.807, 2.05) is 0 Å². The Morgan fingerprint density at radius 3 is 2.27 bits per heavy atom. The van der Waals surface area contributed by atoms with Gasteiger partial charge in [-0.2, -0.15) is 0 Å². The van der Waals surface area contributed by atoms with Gasteiger partial charge in [-0.05, 0) is 48.9 Å². The first-order chi connectivity index (χ1) is 12.2. The summed E-state index contributed by atoms with van der Waals surface area (Å²) in [5, 5.41) is 2.71. The van der Waals surface area contributed by atoms with Crippen molar-refractivity contribution in [1.82, 2.24) is 5.32 Å². The smallest absolute Gasteiger partial charge is 0.261 e. The summed E-state index contributed by atoms with van der Waals surface area (Å²) in [7, 11) is -1.88. The first-order valence-electron chi connectivity index (χ1n) is 7.89. The van der Waals surface area contributed by atoms with Crippen LogP contribution in [0.4, 0.5) is 10.1 Å². The quantitative estimate of drug-likeness (QED) is 0.800. The van der Waals surface area contributed by atoms with Crippen molar-refractivity contribution in [2.75, 3.05) is 17.6 Å². The standard InChI is InChI=1S/C18H21FN2O4S/c1-13(18(22)20-12-14-4-6-15(19)7-5-14)25-17-10-8-16(9-11-17)21(2)26(3,23)24/h4-11,13H,12H2,1-3H3,(H,20,22)/t13-/m1/s1. The van der Waals surface area contributed by atoms with Gasteiger partial charge in [0.1, 0.15) is 11.6 Å². The zero-order valence-corrected chi connectivity index (χ0v) is 15.6. The van der Waals surface area contributed by atoms with Crippen LogP contribution >= 0.6 is 0 Å². The number of ether oxygens (including phenoxy) is 1. The largest absolute Gasteiger partial charge is 0.481 e. The summed E-state index contributed by atoms with van der Waals surface area (Å²) in [6.45, 7) is 1.88. The van der Waals surface area contributed by atoms with E-state index in [0.717, 1.165) is 16.1 Å². The van der Waals surface area contributed by atoms with Gasteiger partial charge in [0.05, 0.1) is 11.9 Å². The van der Waals surface area contributed by atoms with Gasteiger partial charge in [-0.25, -0.2) is 12.8 Å². The Balaban J connectivity index is 1.91. The second-order valence-electron chi connectivity index (χ2n) is 5.83. The van der Waals surface area contributed by atoms with Crippen molar-refractivity contribution in [3.63, 3.8) is 0 Å². The van der Waals surface area contributed by atoms with Gasteiger partial charge in [-0.1, -0.05) is 12.1 Å². The fraction of sp³-hybridized carbons (Fsp3) is 0.278. The molecule has 140 valence electrons. The van der Waals surface area contributed by atoms with E-state index in [9.17, 15) is 17.6 Å². The third-order valence-corrected chi connectivity index (χ3v) is 4.97. The first kappa shape index (κ1) is 19.7. The minimum atomic E-state index is -3.34. The SMILES string of the molecule is C[C@@H](Oc1ccc(N(C)S(C)(=O)=O)cc1)C(=O)NCc1ccc(F)cc1. The molecule has 0 heterocycles. The maximum absolute atomic E-state index is 12.9. The molecule has 0 bridgehead atoms. The number of amides is 1. The van der Waals surface area contributed by atoms with E-state index < -0.39 is 16.1 Å². The van der Waals surface area contributed by atoms with E-state index in [-0.39, 0.29) is 18.3 Å². The van der Waals surface area contributed by atoms with Crippen LogP contribution in [-0.2, 0) is 21.4 Å². The molecule has 0 aliphatic heterocycles. The number of benzene rings is 2. The van der Waals surface area contributed by atoms with Crippen molar-refractivity contribution in [3.8, 4) is 5.75 Å². The molecule has 0 aliphatic rings. The van der Waals surface area contributed by atoms with Gasteiger partial charge >= 0.3 is 0 Å². The van der Waals surface area contributed by atoms with Gasteiger partial charge in [0.15, 0.2) is 6.10 Å². The van der Waals surface area contributed by atoms with Gasteiger partial charge in [-0.3, -0.25) is 9.10 Å². The van der Waals surface area contributed by atoms with Crippen LogP contribution in [0.15, 0.2) is 48.5 Å². The molecule has 0 radical (unpaired) electrons. The Morgan fingerprint density at radius 1 is 1.15 bits per heavy atom. The number of anilines is 1. The van der Waals surface area contributed by atoms with Gasteiger partial charge in [0, 0.05) is 13.6 Å². The molecule has 0 unspecified atom stereocenters. The van der Waals surface area contributed by atoms with E-state index in [1.165, 1.54) is 19.2 Å². The molecule has 0 saturated heterocycles. The summed E-state index contributed by atoms with van der Waals surface area (Å²) in [5.74, 6) is -0.200. The van der Waals surface area contributed by atoms with Crippen molar-refractivity contribution in [2.24, 2.45) is 0 Å². The zero-order valence-electron chi connectivity index (χ0n) is 14.8. The van der Waals surface area contributed by atoms with Crippen LogP contribution in [0.3, 0.4) is 0 Å². The molecule has 0 saturated carbocycles. The molecule has 0 fully saturated rings. The molecular formula is C18H21FN2O4S. The highest BCUT2D eigenvalue weighted by molar-refractivity contribution is 7.92. The average molecular weight is 380 g/mol. The Bertz CT molecular complexity index is 852. The molecule has 1 N–H and O–H groups in total. The maximum atomic E-state index is 12.9. The number of nitrogens with one attached hydrogen (secondary N) is 1. The van der Waals surface area contributed by atoms with Crippen molar-refractivity contribution < 1.29 is 22.3 Å². The molecular weight excluding hydrogens is 359 g/mol. The number of carbonyl (C=O) groups excluding carboxylic acids is 1. The highest BCUT2D eigenvalue weighted by atomic mass is 32.2. The number of hydrogen-bond acceptors (Lipinski definition) is 4. The lowest BCUT2D eigenvalue weighted by molar-refractivity contribution is -0.127. The first-order valence-corrected chi connectivity index (χ1v) is 9.74. The summed E-state index contributed by atoms with van der Waals surface area (Å²) in [4.78, 5) is 12.1. The monoisotopic (exact) mass is 380 g/mol. The summed E-state index contributed by atoms with van der Waals surface area (Å²) in [6.07, 6.45) is 0.374. The van der Waals surface area contributed by atoms with Crippen LogP contribution in [0.2, 0.25) is 0 Å². The van der Waals surface area contributed by atoms with Crippen molar-refractivity contribution >= 4 is 21.6 Å². The zero-order chi connectivity index (χ0) is 19.3. The lowest BCUT2D eigenvalue weighted by Crippen LogP contribution is -2.35. The summed E-state index contributed by atoms with van der Waals surface area (Å²) >= 11 is 0. The second kappa shape index (κ2) is 8.18. The lowest BCUT2D eigenvalue weighted by Gasteiger charge is -2.18. The molecule has 1 amide bonds. The minimum Gasteiger partial charge on any atom is -0.481 e. The van der Waals surface area contributed by atoms with E-state index >= 15 is 0 Å². The number of halogens is 1. The molecule has 2 aromatic carbocycles. The number of hydrogen-bond donors (Lipinski definition) is 1. The van der Waals surface area contributed by atoms with Crippen molar-refractivity contribution in [3.05, 3.63) is 59.9 Å². The number of nitrogens with zero attached hydrogens (tertiary/aromatic N) is 1. The Morgan fingerprint density at radius 2 is 1.73 bits per heavy atom. The van der Waals surface area contributed by atoms with Gasteiger partial charge in [-0.15, -0.1) is 0 Å². The van der Waals surface area contributed by atoms with E-state index in [1.54, 1.807) is 43.3 Å². The predicted octanol–water partition coefficient (Wildman–Crippen LogP) is 2.31. The number of sulfonamides is 1. The summed E-state index contributed by atoms with van der Waals surface area (Å²) in [6, 6.07) is 12.2. The third-order valence-electron chi connectivity index (χ3n) is 3.76. The number of rotatable bonds is 7. The van der Waals surface area contributed by atoms with Crippen LogP contribution in [0.1, 0.15) is 12.5 Å². The third kappa shape index (κ3) is 5.45. The molecule has 0 aromatic heterocycles. The average Bonchev–Trinajstić information content (AvgIpc) is 2.60.